The molecule has 3 N–H and O–H groups in total. The zero-order valence-electron chi connectivity index (χ0n) is 14.8. The Kier molecular flexibility index (Phi) is 8.20. The van der Waals surface area contributed by atoms with Gasteiger partial charge in [-0.15, -0.1) is 24.8 Å². The fourth-order valence-corrected chi connectivity index (χ4v) is 2.91. The fourth-order valence-electron chi connectivity index (χ4n) is 2.91. The number of nitrogens with two attached hydrogens (primary N) is 1. The predicted octanol–water partition coefficient (Wildman–Crippen LogP) is 2.35. The van der Waals surface area contributed by atoms with Crippen molar-refractivity contribution in [2.75, 3.05) is 25.0 Å². The summed E-state index contributed by atoms with van der Waals surface area (Å²) < 4.78 is 0. The summed E-state index contributed by atoms with van der Waals surface area (Å²) in [6.45, 7) is 5.27. The summed E-state index contributed by atoms with van der Waals surface area (Å²) in [4.78, 5) is 27.1. The molecule has 0 radical (unpaired) electrons. The Labute approximate surface area is 165 Å². The highest BCUT2D eigenvalue weighted by Gasteiger charge is 2.28. The molecule has 1 saturated heterocycles. The van der Waals surface area contributed by atoms with Crippen LogP contribution in [0.3, 0.4) is 0 Å². The molecule has 0 aliphatic carbocycles. The van der Waals surface area contributed by atoms with Crippen molar-refractivity contribution >= 4 is 42.4 Å². The molecule has 7 nitrogen and oxygen atoms in total. The van der Waals surface area contributed by atoms with Crippen LogP contribution in [-0.4, -0.2) is 45.4 Å². The minimum absolute atomic E-state index is 0. The average molecular weight is 399 g/mol. The van der Waals surface area contributed by atoms with E-state index in [0.717, 1.165) is 35.3 Å². The SMILES string of the molecule is Cc1cccc(Nc2cc(C)nc(C3CCN(C(=O)CN)C3)n2)n1.Cl.Cl. The first-order chi connectivity index (χ1) is 11.5. The van der Waals surface area contributed by atoms with E-state index in [1.165, 1.54) is 0 Å². The van der Waals surface area contributed by atoms with Gasteiger partial charge in [0.05, 0.1) is 6.54 Å². The van der Waals surface area contributed by atoms with E-state index in [-0.39, 0.29) is 43.2 Å². The Morgan fingerprint density at radius 3 is 2.65 bits per heavy atom. The van der Waals surface area contributed by atoms with Crippen molar-refractivity contribution in [3.8, 4) is 0 Å². The van der Waals surface area contributed by atoms with E-state index >= 15 is 0 Å². The number of anilines is 2. The number of carbonyl (C=O) groups is 1. The molecule has 1 fully saturated rings. The summed E-state index contributed by atoms with van der Waals surface area (Å²) >= 11 is 0. The van der Waals surface area contributed by atoms with Crippen LogP contribution in [0.5, 0.6) is 0 Å². The van der Waals surface area contributed by atoms with Gasteiger partial charge in [-0.3, -0.25) is 4.79 Å². The number of halogens is 2. The number of likely N-dealkylation sites (tertiary alicyclic amines) is 1. The number of amides is 1. The molecule has 0 spiro atoms. The Morgan fingerprint density at radius 2 is 1.96 bits per heavy atom. The highest BCUT2D eigenvalue weighted by atomic mass is 35.5. The van der Waals surface area contributed by atoms with Crippen molar-refractivity contribution in [3.05, 3.63) is 41.5 Å². The maximum absolute atomic E-state index is 11.7. The molecule has 0 aromatic carbocycles. The van der Waals surface area contributed by atoms with Gasteiger partial charge in [-0.1, -0.05) is 6.07 Å². The zero-order chi connectivity index (χ0) is 17.1. The molecule has 26 heavy (non-hydrogen) atoms. The molecular formula is C17H24Cl2N6O. The van der Waals surface area contributed by atoms with Crippen molar-refractivity contribution in [1.82, 2.24) is 19.9 Å². The highest BCUT2D eigenvalue weighted by molar-refractivity contribution is 5.85. The van der Waals surface area contributed by atoms with Gasteiger partial charge in [-0.05, 0) is 32.4 Å². The van der Waals surface area contributed by atoms with E-state index < -0.39 is 0 Å². The van der Waals surface area contributed by atoms with Gasteiger partial charge in [0.1, 0.15) is 17.5 Å². The molecule has 3 heterocycles. The number of hydrogen-bond acceptors (Lipinski definition) is 6. The van der Waals surface area contributed by atoms with Crippen LogP contribution in [0.4, 0.5) is 11.6 Å². The van der Waals surface area contributed by atoms with Crippen LogP contribution in [0, 0.1) is 13.8 Å². The molecule has 0 saturated carbocycles. The second-order valence-corrected chi connectivity index (χ2v) is 6.07. The fraction of sp³-hybridized carbons (Fsp3) is 0.412. The molecule has 2 aromatic heterocycles. The van der Waals surface area contributed by atoms with Gasteiger partial charge in [-0.25, -0.2) is 15.0 Å². The van der Waals surface area contributed by atoms with Gasteiger partial charge < -0.3 is 16.0 Å². The maximum Gasteiger partial charge on any atom is 0.236 e. The second-order valence-electron chi connectivity index (χ2n) is 6.07. The summed E-state index contributed by atoms with van der Waals surface area (Å²) in [6.07, 6.45) is 0.858. The monoisotopic (exact) mass is 398 g/mol. The van der Waals surface area contributed by atoms with Crippen LogP contribution >= 0.6 is 24.8 Å². The average Bonchev–Trinajstić information content (AvgIpc) is 3.03. The Balaban J connectivity index is 0.00000169. The van der Waals surface area contributed by atoms with Crippen LogP contribution in [0.1, 0.15) is 29.6 Å². The molecule has 1 aliphatic heterocycles. The van der Waals surface area contributed by atoms with Crippen LogP contribution in [-0.2, 0) is 4.79 Å². The molecular weight excluding hydrogens is 375 g/mol. The van der Waals surface area contributed by atoms with Crippen molar-refractivity contribution in [2.24, 2.45) is 5.73 Å². The normalized spacial score (nSPS) is 15.8. The van der Waals surface area contributed by atoms with Crippen molar-refractivity contribution in [2.45, 2.75) is 26.2 Å². The van der Waals surface area contributed by atoms with Crippen molar-refractivity contribution in [1.29, 1.82) is 0 Å². The number of rotatable bonds is 4. The van der Waals surface area contributed by atoms with E-state index in [4.69, 9.17) is 5.73 Å². The van der Waals surface area contributed by atoms with Gasteiger partial charge in [0.25, 0.3) is 0 Å². The number of carbonyl (C=O) groups excluding carboxylic acids is 1. The lowest BCUT2D eigenvalue weighted by atomic mass is 10.1. The standard InChI is InChI=1S/C17H22N6O.2ClH/c1-11-4-3-5-14(19-11)21-15-8-12(2)20-17(22-15)13-6-7-23(10-13)16(24)9-18;;/h3-5,8,13H,6-7,9-10,18H2,1-2H3,(H,19,20,21,22);2*1H. The summed E-state index contributed by atoms with van der Waals surface area (Å²) in [5.74, 6) is 2.36. The van der Waals surface area contributed by atoms with Crippen LogP contribution in [0.15, 0.2) is 24.3 Å². The topological polar surface area (TPSA) is 97.0 Å². The summed E-state index contributed by atoms with van der Waals surface area (Å²) in [5, 5.41) is 3.23. The molecule has 3 rings (SSSR count). The van der Waals surface area contributed by atoms with E-state index in [1.807, 2.05) is 38.1 Å². The molecule has 2 aromatic rings. The van der Waals surface area contributed by atoms with Gasteiger partial charge in [-0.2, -0.15) is 0 Å². The molecule has 142 valence electrons. The quantitative estimate of drug-likeness (QED) is 0.819. The number of aromatic nitrogens is 3. The minimum Gasteiger partial charge on any atom is -0.341 e. The number of pyridine rings is 1. The van der Waals surface area contributed by atoms with Crippen LogP contribution < -0.4 is 11.1 Å². The first-order valence-corrected chi connectivity index (χ1v) is 8.09. The highest BCUT2D eigenvalue weighted by Crippen LogP contribution is 2.26. The first kappa shape index (κ1) is 22.1. The predicted molar refractivity (Wildman–Crippen MR) is 107 cm³/mol. The van der Waals surface area contributed by atoms with Gasteiger partial charge in [0, 0.05) is 36.5 Å². The van der Waals surface area contributed by atoms with Crippen LogP contribution in [0.25, 0.3) is 0 Å². The van der Waals surface area contributed by atoms with Gasteiger partial charge in [0.15, 0.2) is 0 Å². The lowest BCUT2D eigenvalue weighted by molar-refractivity contribution is -0.128. The minimum atomic E-state index is -0.0209. The summed E-state index contributed by atoms with van der Waals surface area (Å²) in [6, 6.07) is 7.70. The third kappa shape index (κ3) is 5.27. The molecule has 1 amide bonds. The number of nitrogens with zero attached hydrogens (tertiary/aromatic N) is 4. The number of aryl methyl sites for hydroxylation is 2. The Morgan fingerprint density at radius 1 is 1.19 bits per heavy atom. The first-order valence-electron chi connectivity index (χ1n) is 8.09. The second kappa shape index (κ2) is 9.66. The molecule has 1 aliphatic rings. The van der Waals surface area contributed by atoms with Crippen molar-refractivity contribution < 1.29 is 4.79 Å². The smallest absolute Gasteiger partial charge is 0.236 e. The van der Waals surface area contributed by atoms with E-state index in [2.05, 4.69) is 20.3 Å². The molecule has 0 bridgehead atoms. The molecule has 1 unspecified atom stereocenters. The number of nitrogens with one attached hydrogen (secondary N) is 1. The van der Waals surface area contributed by atoms with Gasteiger partial charge in [0.2, 0.25) is 5.91 Å². The van der Waals surface area contributed by atoms with E-state index in [9.17, 15) is 4.79 Å². The van der Waals surface area contributed by atoms with E-state index in [0.29, 0.717) is 13.1 Å². The molecule has 9 heteroatoms. The van der Waals surface area contributed by atoms with Crippen molar-refractivity contribution in [3.63, 3.8) is 0 Å². The lowest BCUT2D eigenvalue weighted by Crippen LogP contribution is -2.34. The summed E-state index contributed by atoms with van der Waals surface area (Å²) in [5.41, 5.74) is 7.27. The third-order valence-electron chi connectivity index (χ3n) is 4.10. The third-order valence-corrected chi connectivity index (χ3v) is 4.10. The van der Waals surface area contributed by atoms with Gasteiger partial charge >= 0.3 is 0 Å². The zero-order valence-corrected chi connectivity index (χ0v) is 16.4. The maximum atomic E-state index is 11.7. The largest absolute Gasteiger partial charge is 0.341 e. The number of hydrogen-bond donors (Lipinski definition) is 2. The van der Waals surface area contributed by atoms with Crippen LogP contribution in [0.2, 0.25) is 0 Å². The molecule has 1 atom stereocenters. The van der Waals surface area contributed by atoms with E-state index in [1.54, 1.807) is 4.90 Å². The Hall–Kier alpha value is -1.96. The lowest BCUT2D eigenvalue weighted by Gasteiger charge is -2.15. The summed E-state index contributed by atoms with van der Waals surface area (Å²) in [7, 11) is 0. The Bertz CT molecular complexity index is 758.